The molecule has 0 saturated carbocycles. The lowest BCUT2D eigenvalue weighted by atomic mass is 10.1. The maximum absolute atomic E-state index is 12.6. The Bertz CT molecular complexity index is 512. The molecular weight excluding hydrogens is 260 g/mol. The van der Waals surface area contributed by atoms with Crippen molar-refractivity contribution in [2.24, 2.45) is 5.73 Å². The van der Waals surface area contributed by atoms with Gasteiger partial charge in [-0.2, -0.15) is 4.31 Å². The number of nitrogens with two attached hydrogens (primary N) is 1. The summed E-state index contributed by atoms with van der Waals surface area (Å²) in [5, 5.41) is 0. The number of hydrogen-bond donors (Lipinski definition) is 1. The highest BCUT2D eigenvalue weighted by Gasteiger charge is 2.24. The molecule has 0 amide bonds. The average molecular weight is 284 g/mol. The number of aryl methyl sites for hydroxylation is 1. The van der Waals surface area contributed by atoms with Crippen LogP contribution in [-0.4, -0.2) is 25.8 Å². The Labute approximate surface area is 116 Å². The van der Waals surface area contributed by atoms with Crippen LogP contribution >= 0.6 is 0 Å². The van der Waals surface area contributed by atoms with Crippen molar-refractivity contribution in [1.82, 2.24) is 4.31 Å². The summed E-state index contributed by atoms with van der Waals surface area (Å²) in [5.41, 5.74) is 7.28. The van der Waals surface area contributed by atoms with Crippen molar-refractivity contribution in [2.45, 2.75) is 45.1 Å². The average Bonchev–Trinajstić information content (AvgIpc) is 2.38. The summed E-state index contributed by atoms with van der Waals surface area (Å²) in [6, 6.07) is 5.30. The standard InChI is InChI=1S/C14H24N2O2S/c1-4-6-9-16(5-2)19(17,18)14-8-7-13(11-15)10-12(14)3/h7-8,10H,4-6,9,11,15H2,1-3H3. The molecule has 0 radical (unpaired) electrons. The van der Waals surface area contributed by atoms with Crippen LogP contribution in [0.15, 0.2) is 23.1 Å². The Balaban J connectivity index is 3.11. The first-order chi connectivity index (χ1) is 8.97. The molecule has 2 N–H and O–H groups in total. The molecule has 0 spiro atoms. The highest BCUT2D eigenvalue weighted by atomic mass is 32.2. The number of unbranched alkanes of at least 4 members (excludes halogenated alkanes) is 1. The lowest BCUT2D eigenvalue weighted by molar-refractivity contribution is 0.418. The normalized spacial score (nSPS) is 12.1. The van der Waals surface area contributed by atoms with E-state index in [1.165, 1.54) is 0 Å². The summed E-state index contributed by atoms with van der Waals surface area (Å²) in [5.74, 6) is 0. The molecule has 0 aliphatic rings. The third-order valence-electron chi connectivity index (χ3n) is 3.21. The molecule has 0 heterocycles. The fraction of sp³-hybridized carbons (Fsp3) is 0.571. The highest BCUT2D eigenvalue weighted by Crippen LogP contribution is 2.21. The number of hydrogen-bond acceptors (Lipinski definition) is 3. The summed E-state index contributed by atoms with van der Waals surface area (Å²) in [7, 11) is -3.39. The number of nitrogens with zero attached hydrogens (tertiary/aromatic N) is 1. The molecule has 0 fully saturated rings. The molecule has 5 heteroatoms. The first-order valence-electron chi connectivity index (χ1n) is 6.77. The fourth-order valence-electron chi connectivity index (χ4n) is 2.05. The number of rotatable bonds is 7. The van der Waals surface area contributed by atoms with Gasteiger partial charge in [-0.1, -0.05) is 32.4 Å². The van der Waals surface area contributed by atoms with E-state index in [2.05, 4.69) is 6.92 Å². The Morgan fingerprint density at radius 3 is 2.42 bits per heavy atom. The van der Waals surface area contributed by atoms with E-state index in [1.807, 2.05) is 19.9 Å². The molecule has 0 atom stereocenters. The second kappa shape index (κ2) is 7.03. The predicted molar refractivity (Wildman–Crippen MR) is 78.4 cm³/mol. The minimum absolute atomic E-state index is 0.391. The molecule has 1 aromatic rings. The van der Waals surface area contributed by atoms with Crippen LogP contribution in [0.5, 0.6) is 0 Å². The van der Waals surface area contributed by atoms with E-state index in [0.717, 1.165) is 24.0 Å². The fourth-order valence-corrected chi connectivity index (χ4v) is 3.74. The van der Waals surface area contributed by atoms with Crippen LogP contribution < -0.4 is 5.73 Å². The summed E-state index contributed by atoms with van der Waals surface area (Å²) < 4.78 is 26.7. The Kier molecular flexibility index (Phi) is 5.97. The van der Waals surface area contributed by atoms with Crippen molar-refractivity contribution >= 4 is 10.0 Å². The first-order valence-corrected chi connectivity index (χ1v) is 8.21. The molecule has 1 rings (SSSR count). The molecule has 19 heavy (non-hydrogen) atoms. The molecule has 0 aliphatic heterocycles. The predicted octanol–water partition coefficient (Wildman–Crippen LogP) is 2.26. The van der Waals surface area contributed by atoms with Crippen LogP contribution in [0.2, 0.25) is 0 Å². The Hall–Kier alpha value is -0.910. The van der Waals surface area contributed by atoms with Crippen LogP contribution in [0.25, 0.3) is 0 Å². The zero-order valence-electron chi connectivity index (χ0n) is 12.0. The lowest BCUT2D eigenvalue weighted by Gasteiger charge is -2.21. The second-order valence-electron chi connectivity index (χ2n) is 4.65. The summed E-state index contributed by atoms with van der Waals surface area (Å²) in [6.07, 6.45) is 1.87. The van der Waals surface area contributed by atoms with Gasteiger partial charge in [-0.25, -0.2) is 8.42 Å². The van der Waals surface area contributed by atoms with Gasteiger partial charge in [0.15, 0.2) is 0 Å². The zero-order valence-corrected chi connectivity index (χ0v) is 12.8. The molecular formula is C14H24N2O2S. The van der Waals surface area contributed by atoms with Gasteiger partial charge in [0, 0.05) is 19.6 Å². The van der Waals surface area contributed by atoms with Crippen LogP contribution in [-0.2, 0) is 16.6 Å². The maximum Gasteiger partial charge on any atom is 0.243 e. The van der Waals surface area contributed by atoms with Gasteiger partial charge < -0.3 is 5.73 Å². The van der Waals surface area contributed by atoms with E-state index in [0.29, 0.717) is 24.5 Å². The smallest absolute Gasteiger partial charge is 0.243 e. The van der Waals surface area contributed by atoms with Gasteiger partial charge in [0.1, 0.15) is 0 Å². The van der Waals surface area contributed by atoms with Gasteiger partial charge in [-0.3, -0.25) is 0 Å². The van der Waals surface area contributed by atoms with Crippen molar-refractivity contribution in [3.05, 3.63) is 29.3 Å². The van der Waals surface area contributed by atoms with Crippen molar-refractivity contribution in [1.29, 1.82) is 0 Å². The minimum Gasteiger partial charge on any atom is -0.326 e. The molecule has 4 nitrogen and oxygen atoms in total. The van der Waals surface area contributed by atoms with Gasteiger partial charge in [0.25, 0.3) is 0 Å². The molecule has 0 unspecified atom stereocenters. The van der Waals surface area contributed by atoms with Crippen LogP contribution in [0.3, 0.4) is 0 Å². The van der Waals surface area contributed by atoms with E-state index >= 15 is 0 Å². The monoisotopic (exact) mass is 284 g/mol. The minimum atomic E-state index is -3.39. The number of sulfonamides is 1. The number of benzene rings is 1. The van der Waals surface area contributed by atoms with Gasteiger partial charge in [0.2, 0.25) is 10.0 Å². The van der Waals surface area contributed by atoms with Gasteiger partial charge >= 0.3 is 0 Å². The van der Waals surface area contributed by atoms with Crippen molar-refractivity contribution in [3.8, 4) is 0 Å². The molecule has 0 saturated heterocycles. The summed E-state index contributed by atoms with van der Waals surface area (Å²) >= 11 is 0. The van der Waals surface area contributed by atoms with Gasteiger partial charge in [-0.15, -0.1) is 0 Å². The SMILES string of the molecule is CCCCN(CC)S(=O)(=O)c1ccc(CN)cc1C. The summed E-state index contributed by atoms with van der Waals surface area (Å²) in [6.45, 7) is 7.25. The maximum atomic E-state index is 12.6. The summed E-state index contributed by atoms with van der Waals surface area (Å²) in [4.78, 5) is 0.391. The van der Waals surface area contributed by atoms with E-state index in [4.69, 9.17) is 5.73 Å². The van der Waals surface area contributed by atoms with Crippen molar-refractivity contribution < 1.29 is 8.42 Å². The third-order valence-corrected chi connectivity index (χ3v) is 5.34. The van der Waals surface area contributed by atoms with Gasteiger partial charge in [-0.05, 0) is 30.5 Å². The van der Waals surface area contributed by atoms with E-state index < -0.39 is 10.0 Å². The van der Waals surface area contributed by atoms with Crippen LogP contribution in [0.4, 0.5) is 0 Å². The van der Waals surface area contributed by atoms with E-state index in [1.54, 1.807) is 16.4 Å². The third kappa shape index (κ3) is 3.78. The molecule has 108 valence electrons. The second-order valence-corrected chi connectivity index (χ2v) is 6.56. The zero-order chi connectivity index (χ0) is 14.5. The lowest BCUT2D eigenvalue weighted by Crippen LogP contribution is -2.32. The van der Waals surface area contributed by atoms with E-state index in [9.17, 15) is 8.42 Å². The van der Waals surface area contributed by atoms with Gasteiger partial charge in [0.05, 0.1) is 4.90 Å². The van der Waals surface area contributed by atoms with Crippen molar-refractivity contribution in [2.75, 3.05) is 13.1 Å². The topological polar surface area (TPSA) is 63.4 Å². The Morgan fingerprint density at radius 2 is 1.95 bits per heavy atom. The quantitative estimate of drug-likeness (QED) is 0.835. The molecule has 1 aromatic carbocycles. The van der Waals surface area contributed by atoms with Crippen molar-refractivity contribution in [3.63, 3.8) is 0 Å². The molecule has 0 bridgehead atoms. The largest absolute Gasteiger partial charge is 0.326 e. The van der Waals surface area contributed by atoms with Crippen LogP contribution in [0, 0.1) is 6.92 Å². The van der Waals surface area contributed by atoms with E-state index in [-0.39, 0.29) is 0 Å². The molecule has 0 aromatic heterocycles. The van der Waals surface area contributed by atoms with Crippen LogP contribution in [0.1, 0.15) is 37.8 Å². The molecule has 0 aliphatic carbocycles. The Morgan fingerprint density at radius 1 is 1.26 bits per heavy atom. The first kappa shape index (κ1) is 16.1. The highest BCUT2D eigenvalue weighted by molar-refractivity contribution is 7.89.